The van der Waals surface area contributed by atoms with Gasteiger partial charge in [-0.2, -0.15) is 4.98 Å². The van der Waals surface area contributed by atoms with Crippen molar-refractivity contribution in [1.82, 2.24) is 15.5 Å². The monoisotopic (exact) mass is 381 g/mol. The Balaban J connectivity index is 1.27. The van der Waals surface area contributed by atoms with Crippen LogP contribution in [0.1, 0.15) is 70.2 Å². The molecule has 2 aliphatic rings. The lowest BCUT2D eigenvalue weighted by atomic mass is 9.84. The van der Waals surface area contributed by atoms with E-state index >= 15 is 0 Å². The summed E-state index contributed by atoms with van der Waals surface area (Å²) >= 11 is 0. The number of carbonyl (C=O) groups excluding carboxylic acids is 1. The molecule has 2 fully saturated rings. The van der Waals surface area contributed by atoms with Crippen LogP contribution >= 0.6 is 0 Å². The third kappa shape index (κ3) is 4.13. The van der Waals surface area contributed by atoms with Gasteiger partial charge in [0.1, 0.15) is 0 Å². The molecule has 150 valence electrons. The van der Waals surface area contributed by atoms with Gasteiger partial charge in [0.15, 0.2) is 0 Å². The van der Waals surface area contributed by atoms with Gasteiger partial charge in [-0.1, -0.05) is 49.7 Å². The number of benzene rings is 1. The fourth-order valence-corrected chi connectivity index (χ4v) is 5.05. The van der Waals surface area contributed by atoms with Gasteiger partial charge in [-0.05, 0) is 55.4 Å². The van der Waals surface area contributed by atoms with Gasteiger partial charge in [-0.3, -0.25) is 4.79 Å². The van der Waals surface area contributed by atoms with Gasteiger partial charge in [-0.25, -0.2) is 0 Å². The SMILES string of the molecule is CC(C)c1ccc(-c2noc(CCC(=O)N[C@@H](C)[C@@H]3C[C@H]4CC[C@H]3C4)n2)cc1. The van der Waals surface area contributed by atoms with E-state index in [4.69, 9.17) is 4.52 Å². The van der Waals surface area contributed by atoms with E-state index in [2.05, 4.69) is 48.4 Å². The molecular formula is C23H31N3O2. The standard InChI is InChI=1S/C23H31N3O2/c1-14(2)17-6-8-18(9-7-17)23-25-22(28-26-23)11-10-21(27)24-15(3)20-13-16-4-5-19(20)12-16/h6-9,14-16,19-20H,4-5,10-13H2,1-3H3,(H,24,27)/t15-,16-,19-,20-/m0/s1. The summed E-state index contributed by atoms with van der Waals surface area (Å²) in [5.74, 6) is 4.06. The van der Waals surface area contributed by atoms with Crippen LogP contribution in [0.2, 0.25) is 0 Å². The second kappa shape index (κ2) is 8.06. The minimum atomic E-state index is 0.0799. The van der Waals surface area contributed by atoms with Gasteiger partial charge >= 0.3 is 0 Å². The molecule has 2 bridgehead atoms. The maximum Gasteiger partial charge on any atom is 0.227 e. The van der Waals surface area contributed by atoms with E-state index in [9.17, 15) is 4.79 Å². The molecule has 0 aliphatic heterocycles. The summed E-state index contributed by atoms with van der Waals surface area (Å²) in [5.41, 5.74) is 2.22. The quantitative estimate of drug-likeness (QED) is 0.752. The average molecular weight is 382 g/mol. The van der Waals surface area contributed by atoms with Crippen molar-refractivity contribution < 1.29 is 9.32 Å². The van der Waals surface area contributed by atoms with E-state index in [0.717, 1.165) is 17.4 Å². The molecule has 1 amide bonds. The van der Waals surface area contributed by atoms with Crippen LogP contribution in [0.15, 0.2) is 28.8 Å². The van der Waals surface area contributed by atoms with Gasteiger partial charge in [0.25, 0.3) is 0 Å². The number of rotatable bonds is 7. The summed E-state index contributed by atoms with van der Waals surface area (Å²) in [5, 5.41) is 7.27. The fraction of sp³-hybridized carbons (Fsp3) is 0.609. The lowest BCUT2D eigenvalue weighted by molar-refractivity contribution is -0.122. The maximum absolute atomic E-state index is 12.4. The largest absolute Gasteiger partial charge is 0.353 e. The van der Waals surface area contributed by atoms with Crippen LogP contribution in [0.3, 0.4) is 0 Å². The average Bonchev–Trinajstić information content (AvgIpc) is 3.43. The molecule has 2 aromatic rings. The number of carbonyl (C=O) groups is 1. The Morgan fingerprint density at radius 3 is 2.61 bits per heavy atom. The zero-order chi connectivity index (χ0) is 19.7. The summed E-state index contributed by atoms with van der Waals surface area (Å²) in [6.07, 6.45) is 6.26. The third-order valence-electron chi connectivity index (χ3n) is 6.69. The summed E-state index contributed by atoms with van der Waals surface area (Å²) in [4.78, 5) is 16.8. The highest BCUT2D eigenvalue weighted by Crippen LogP contribution is 2.49. The van der Waals surface area contributed by atoms with E-state index in [-0.39, 0.29) is 11.9 Å². The van der Waals surface area contributed by atoms with Crippen molar-refractivity contribution in [2.24, 2.45) is 17.8 Å². The molecule has 0 unspecified atom stereocenters. The second-order valence-corrected chi connectivity index (χ2v) is 8.98. The smallest absolute Gasteiger partial charge is 0.227 e. The summed E-state index contributed by atoms with van der Waals surface area (Å²) < 4.78 is 5.35. The number of aromatic nitrogens is 2. The Morgan fingerprint density at radius 1 is 1.18 bits per heavy atom. The van der Waals surface area contributed by atoms with E-state index in [1.165, 1.54) is 31.2 Å². The first-order chi connectivity index (χ1) is 13.5. The number of nitrogens with one attached hydrogen (secondary N) is 1. The highest BCUT2D eigenvalue weighted by atomic mass is 16.5. The molecule has 28 heavy (non-hydrogen) atoms. The summed E-state index contributed by atoms with van der Waals surface area (Å²) in [6, 6.07) is 8.50. The lowest BCUT2D eigenvalue weighted by Crippen LogP contribution is -2.40. The van der Waals surface area contributed by atoms with Gasteiger partial charge in [0.2, 0.25) is 17.6 Å². The van der Waals surface area contributed by atoms with Crippen molar-refractivity contribution in [1.29, 1.82) is 0 Å². The molecule has 0 spiro atoms. The van der Waals surface area contributed by atoms with Crippen LogP contribution in [0.4, 0.5) is 0 Å². The van der Waals surface area contributed by atoms with Crippen LogP contribution < -0.4 is 5.32 Å². The number of amides is 1. The molecule has 1 aromatic carbocycles. The van der Waals surface area contributed by atoms with Crippen molar-refractivity contribution in [3.8, 4) is 11.4 Å². The highest BCUT2D eigenvalue weighted by molar-refractivity contribution is 5.76. The third-order valence-corrected chi connectivity index (χ3v) is 6.69. The van der Waals surface area contributed by atoms with Gasteiger partial charge in [0, 0.05) is 24.4 Å². The predicted octanol–water partition coefficient (Wildman–Crippen LogP) is 4.73. The Morgan fingerprint density at radius 2 is 1.96 bits per heavy atom. The first-order valence-corrected chi connectivity index (χ1v) is 10.7. The summed E-state index contributed by atoms with van der Waals surface area (Å²) in [6.45, 7) is 6.50. The van der Waals surface area contributed by atoms with Crippen LogP contribution in [0.5, 0.6) is 0 Å². The molecule has 5 nitrogen and oxygen atoms in total. The molecule has 0 radical (unpaired) electrons. The molecule has 4 atom stereocenters. The minimum Gasteiger partial charge on any atom is -0.353 e. The van der Waals surface area contributed by atoms with E-state index in [1.807, 2.05) is 12.1 Å². The van der Waals surface area contributed by atoms with Crippen molar-refractivity contribution >= 4 is 5.91 Å². The Labute approximate surface area is 167 Å². The van der Waals surface area contributed by atoms with Crippen molar-refractivity contribution in [3.05, 3.63) is 35.7 Å². The summed E-state index contributed by atoms with van der Waals surface area (Å²) in [7, 11) is 0. The van der Waals surface area contributed by atoms with Crippen molar-refractivity contribution in [2.75, 3.05) is 0 Å². The zero-order valence-corrected chi connectivity index (χ0v) is 17.1. The number of fused-ring (bicyclic) bond motifs is 2. The maximum atomic E-state index is 12.4. The normalized spacial score (nSPS) is 24.6. The van der Waals surface area contributed by atoms with Crippen LogP contribution in [-0.4, -0.2) is 22.1 Å². The molecule has 0 saturated heterocycles. The predicted molar refractivity (Wildman–Crippen MR) is 109 cm³/mol. The second-order valence-electron chi connectivity index (χ2n) is 8.98. The van der Waals surface area contributed by atoms with E-state index in [1.54, 1.807) is 0 Å². The first-order valence-electron chi connectivity index (χ1n) is 10.7. The van der Waals surface area contributed by atoms with Gasteiger partial charge in [0.05, 0.1) is 0 Å². The Hall–Kier alpha value is -2.17. The number of hydrogen-bond donors (Lipinski definition) is 1. The molecule has 1 heterocycles. The molecule has 2 aliphatic carbocycles. The molecule has 1 N–H and O–H groups in total. The lowest BCUT2D eigenvalue weighted by Gasteiger charge is -2.28. The molecular weight excluding hydrogens is 350 g/mol. The number of hydrogen-bond acceptors (Lipinski definition) is 4. The molecule has 4 rings (SSSR count). The number of aryl methyl sites for hydroxylation is 1. The topological polar surface area (TPSA) is 68.0 Å². The Bertz CT molecular complexity index is 812. The highest BCUT2D eigenvalue weighted by Gasteiger charge is 2.42. The van der Waals surface area contributed by atoms with Gasteiger partial charge < -0.3 is 9.84 Å². The van der Waals surface area contributed by atoms with E-state index in [0.29, 0.717) is 36.4 Å². The first kappa shape index (κ1) is 19.2. The minimum absolute atomic E-state index is 0.0799. The number of nitrogens with zero attached hydrogens (tertiary/aromatic N) is 2. The molecule has 5 heteroatoms. The van der Waals surface area contributed by atoms with Crippen LogP contribution in [0, 0.1) is 17.8 Å². The van der Waals surface area contributed by atoms with Crippen LogP contribution in [0.25, 0.3) is 11.4 Å². The van der Waals surface area contributed by atoms with Crippen molar-refractivity contribution in [2.45, 2.75) is 71.3 Å². The zero-order valence-electron chi connectivity index (χ0n) is 17.1. The van der Waals surface area contributed by atoms with Gasteiger partial charge in [-0.15, -0.1) is 0 Å². The Kier molecular flexibility index (Phi) is 5.51. The van der Waals surface area contributed by atoms with Crippen LogP contribution in [-0.2, 0) is 11.2 Å². The van der Waals surface area contributed by atoms with E-state index < -0.39 is 0 Å². The fourth-order valence-electron chi connectivity index (χ4n) is 5.05. The van der Waals surface area contributed by atoms with Crippen molar-refractivity contribution in [3.63, 3.8) is 0 Å². The molecule has 2 saturated carbocycles. The molecule has 1 aromatic heterocycles.